The number of amides is 1. The summed E-state index contributed by atoms with van der Waals surface area (Å²) >= 11 is 0. The Bertz CT molecular complexity index is 960. The zero-order chi connectivity index (χ0) is 19.4. The molecule has 0 saturated carbocycles. The number of carbonyl (C=O) groups is 1. The number of benzene rings is 1. The summed E-state index contributed by atoms with van der Waals surface area (Å²) in [5.74, 6) is 1.64. The smallest absolute Gasteiger partial charge is 0.243 e. The SMILES string of the molecule is O=C(Cn1ccc2ccccc21)N1CCCC2=CC3CC(CN4CCCCC34)C21. The van der Waals surface area contributed by atoms with Crippen LogP contribution in [0, 0.1) is 11.8 Å². The first kappa shape index (κ1) is 17.8. The topological polar surface area (TPSA) is 28.5 Å². The number of nitrogens with zero attached hydrogens (tertiary/aromatic N) is 3. The number of para-hydroxylation sites is 1. The lowest BCUT2D eigenvalue weighted by atomic mass is 9.68. The molecule has 4 unspecified atom stereocenters. The van der Waals surface area contributed by atoms with Crippen LogP contribution >= 0.6 is 0 Å². The second kappa shape index (κ2) is 7.02. The standard InChI is InChI=1S/C25H31N3O/c29-24(17-27-13-10-18-6-1-2-8-22(18)27)28-12-5-7-19-14-20-15-21(25(19)28)16-26-11-4-3-9-23(20)26/h1-2,6,8,10,13-14,20-21,23,25H,3-5,7,9,11-12,15-17H2. The zero-order valence-corrected chi connectivity index (χ0v) is 17.2. The van der Waals surface area contributed by atoms with Gasteiger partial charge in [-0.1, -0.05) is 36.3 Å². The molecule has 4 aliphatic rings. The van der Waals surface area contributed by atoms with Crippen molar-refractivity contribution in [2.24, 2.45) is 11.8 Å². The van der Waals surface area contributed by atoms with Crippen molar-refractivity contribution in [3.63, 3.8) is 0 Å². The Morgan fingerprint density at radius 2 is 2.00 bits per heavy atom. The molecule has 0 N–H and O–H groups in total. The van der Waals surface area contributed by atoms with Gasteiger partial charge in [0, 0.05) is 30.8 Å². The summed E-state index contributed by atoms with van der Waals surface area (Å²) in [5.41, 5.74) is 2.74. The Labute approximate surface area is 173 Å². The molecule has 4 atom stereocenters. The Hall–Kier alpha value is -2.07. The second-order valence-corrected chi connectivity index (χ2v) is 9.60. The molecule has 3 fully saturated rings. The molecule has 0 radical (unpaired) electrons. The summed E-state index contributed by atoms with van der Waals surface area (Å²) in [6, 6.07) is 11.6. The lowest BCUT2D eigenvalue weighted by Gasteiger charge is -2.54. The van der Waals surface area contributed by atoms with Crippen LogP contribution in [0.5, 0.6) is 0 Å². The molecule has 1 amide bonds. The number of carbonyl (C=O) groups excluding carboxylic acids is 1. The summed E-state index contributed by atoms with van der Waals surface area (Å²) in [4.78, 5) is 18.5. The molecule has 29 heavy (non-hydrogen) atoms. The van der Waals surface area contributed by atoms with E-state index in [1.807, 2.05) is 0 Å². The van der Waals surface area contributed by atoms with Gasteiger partial charge in [-0.25, -0.2) is 0 Å². The number of hydrogen-bond acceptors (Lipinski definition) is 2. The number of fused-ring (bicyclic) bond motifs is 7. The van der Waals surface area contributed by atoms with Crippen LogP contribution in [0.3, 0.4) is 0 Å². The van der Waals surface area contributed by atoms with Crippen LogP contribution in [-0.4, -0.2) is 52.0 Å². The molecule has 2 aromatic rings. The highest BCUT2D eigenvalue weighted by molar-refractivity contribution is 5.83. The van der Waals surface area contributed by atoms with Gasteiger partial charge in [0.2, 0.25) is 5.91 Å². The summed E-state index contributed by atoms with van der Waals surface area (Å²) in [7, 11) is 0. The fourth-order valence-electron chi connectivity index (χ4n) is 6.77. The van der Waals surface area contributed by atoms with Gasteiger partial charge < -0.3 is 9.47 Å². The molecule has 1 aromatic heterocycles. The van der Waals surface area contributed by atoms with E-state index in [9.17, 15) is 4.79 Å². The van der Waals surface area contributed by atoms with Gasteiger partial charge in [0.25, 0.3) is 0 Å². The average Bonchev–Trinajstić information content (AvgIpc) is 3.16. The van der Waals surface area contributed by atoms with Crippen molar-refractivity contribution in [3.05, 3.63) is 48.2 Å². The second-order valence-electron chi connectivity index (χ2n) is 9.60. The molecule has 4 nitrogen and oxygen atoms in total. The largest absolute Gasteiger partial charge is 0.338 e. The summed E-state index contributed by atoms with van der Waals surface area (Å²) in [6.45, 7) is 3.83. The monoisotopic (exact) mass is 389 g/mol. The van der Waals surface area contributed by atoms with Crippen LogP contribution < -0.4 is 0 Å². The fraction of sp³-hybridized carbons (Fsp3) is 0.560. The van der Waals surface area contributed by atoms with Crippen molar-refractivity contribution in [1.29, 1.82) is 0 Å². The molecular formula is C25H31N3O. The van der Waals surface area contributed by atoms with E-state index in [-0.39, 0.29) is 0 Å². The van der Waals surface area contributed by atoms with E-state index in [0.717, 1.165) is 30.4 Å². The Morgan fingerprint density at radius 1 is 1.07 bits per heavy atom. The van der Waals surface area contributed by atoms with Crippen LogP contribution in [0.25, 0.3) is 10.9 Å². The maximum atomic E-state index is 13.5. The fourth-order valence-corrected chi connectivity index (χ4v) is 6.77. The van der Waals surface area contributed by atoms with E-state index in [0.29, 0.717) is 24.4 Å². The quantitative estimate of drug-likeness (QED) is 0.725. The minimum atomic E-state index is 0.293. The minimum absolute atomic E-state index is 0.293. The van der Waals surface area contributed by atoms with Gasteiger partial charge in [0.15, 0.2) is 0 Å². The van der Waals surface area contributed by atoms with Crippen LogP contribution in [0.4, 0.5) is 0 Å². The Kier molecular flexibility index (Phi) is 4.30. The van der Waals surface area contributed by atoms with E-state index >= 15 is 0 Å². The summed E-state index contributed by atoms with van der Waals surface area (Å²) in [5, 5.41) is 1.21. The first-order valence-electron chi connectivity index (χ1n) is 11.6. The van der Waals surface area contributed by atoms with Gasteiger partial charge in [0.05, 0.1) is 6.04 Å². The van der Waals surface area contributed by atoms with Crippen molar-refractivity contribution in [2.45, 2.75) is 57.2 Å². The lowest BCUT2D eigenvalue weighted by Crippen LogP contribution is -2.60. The first-order valence-corrected chi connectivity index (χ1v) is 11.6. The van der Waals surface area contributed by atoms with Crippen LogP contribution in [0.15, 0.2) is 48.2 Å². The number of piperidine rings is 3. The highest BCUT2D eigenvalue weighted by atomic mass is 16.2. The molecule has 152 valence electrons. The third-order valence-corrected chi connectivity index (χ3v) is 7.96. The predicted octanol–water partition coefficient (Wildman–Crippen LogP) is 4.06. The Morgan fingerprint density at radius 3 is 2.97 bits per heavy atom. The van der Waals surface area contributed by atoms with Crippen molar-refractivity contribution in [2.75, 3.05) is 19.6 Å². The highest BCUT2D eigenvalue weighted by Gasteiger charge is 2.46. The third-order valence-electron chi connectivity index (χ3n) is 7.96. The molecule has 3 saturated heterocycles. The molecule has 0 spiro atoms. The number of likely N-dealkylation sites (tertiary alicyclic amines) is 1. The predicted molar refractivity (Wildman–Crippen MR) is 116 cm³/mol. The maximum Gasteiger partial charge on any atom is 0.243 e. The van der Waals surface area contributed by atoms with Gasteiger partial charge in [0.1, 0.15) is 6.54 Å². The van der Waals surface area contributed by atoms with Gasteiger partial charge in [-0.2, -0.15) is 0 Å². The number of aromatic nitrogens is 1. The Balaban J connectivity index is 1.27. The van der Waals surface area contributed by atoms with E-state index < -0.39 is 0 Å². The number of rotatable bonds is 2. The summed E-state index contributed by atoms with van der Waals surface area (Å²) < 4.78 is 2.13. The van der Waals surface area contributed by atoms with Gasteiger partial charge in [-0.15, -0.1) is 0 Å². The van der Waals surface area contributed by atoms with Crippen LogP contribution in [0.1, 0.15) is 38.5 Å². The zero-order valence-electron chi connectivity index (χ0n) is 17.2. The molecule has 6 rings (SSSR count). The molecule has 4 heteroatoms. The van der Waals surface area contributed by atoms with E-state index in [1.165, 1.54) is 50.6 Å². The van der Waals surface area contributed by atoms with Crippen LogP contribution in [-0.2, 0) is 11.3 Å². The first-order chi connectivity index (χ1) is 14.3. The molecule has 3 aliphatic heterocycles. The number of hydrogen-bond donors (Lipinski definition) is 0. The van der Waals surface area contributed by atoms with Gasteiger partial charge in [-0.05, 0) is 68.0 Å². The third kappa shape index (κ3) is 2.95. The van der Waals surface area contributed by atoms with Crippen molar-refractivity contribution >= 4 is 16.8 Å². The molecule has 1 aromatic carbocycles. The van der Waals surface area contributed by atoms with Gasteiger partial charge in [-0.3, -0.25) is 9.69 Å². The molecule has 1 aliphatic carbocycles. The summed E-state index contributed by atoms with van der Waals surface area (Å²) in [6.07, 6.45) is 12.4. The van der Waals surface area contributed by atoms with E-state index in [2.05, 4.69) is 57.0 Å². The minimum Gasteiger partial charge on any atom is -0.338 e. The van der Waals surface area contributed by atoms with Crippen molar-refractivity contribution in [3.8, 4) is 0 Å². The molecule has 4 heterocycles. The molecule has 2 bridgehead atoms. The lowest BCUT2D eigenvalue weighted by molar-refractivity contribution is -0.136. The highest BCUT2D eigenvalue weighted by Crippen LogP contribution is 2.45. The normalized spacial score (nSPS) is 31.9. The van der Waals surface area contributed by atoms with Crippen molar-refractivity contribution in [1.82, 2.24) is 14.4 Å². The van der Waals surface area contributed by atoms with Gasteiger partial charge >= 0.3 is 0 Å². The van der Waals surface area contributed by atoms with Crippen molar-refractivity contribution < 1.29 is 4.79 Å². The molecular weight excluding hydrogens is 358 g/mol. The van der Waals surface area contributed by atoms with E-state index in [1.54, 1.807) is 5.57 Å². The van der Waals surface area contributed by atoms with Crippen LogP contribution in [0.2, 0.25) is 0 Å². The maximum absolute atomic E-state index is 13.5. The average molecular weight is 390 g/mol. The van der Waals surface area contributed by atoms with E-state index in [4.69, 9.17) is 0 Å².